The number of hydrogen-bond donors (Lipinski definition) is 1. The van der Waals surface area contributed by atoms with Crippen LogP contribution in [0.4, 0.5) is 0 Å². The molecule has 1 aromatic heterocycles. The van der Waals surface area contributed by atoms with Crippen LogP contribution >= 0.6 is 0 Å². The number of hydrogen-bond acceptors (Lipinski definition) is 5. The number of aldehydes is 1. The van der Waals surface area contributed by atoms with Crippen LogP contribution in [0, 0.1) is 0 Å². The molecule has 0 spiro atoms. The summed E-state index contributed by atoms with van der Waals surface area (Å²) < 4.78 is 5.87. The van der Waals surface area contributed by atoms with Gasteiger partial charge in [0.1, 0.15) is 12.0 Å². The van der Waals surface area contributed by atoms with Gasteiger partial charge in [-0.3, -0.25) is 4.79 Å². The molecule has 0 aliphatic heterocycles. The van der Waals surface area contributed by atoms with Gasteiger partial charge < -0.3 is 14.8 Å². The molecule has 1 amide bonds. The average molecular weight is 536 g/mol. The molecule has 1 unspecified atom stereocenters. The van der Waals surface area contributed by atoms with Crippen molar-refractivity contribution in [2.75, 3.05) is 6.61 Å². The summed E-state index contributed by atoms with van der Waals surface area (Å²) in [6, 6.07) is 24.7. The molecule has 1 N–H and O–H groups in total. The van der Waals surface area contributed by atoms with Gasteiger partial charge in [0.2, 0.25) is 5.91 Å². The number of aromatic nitrogens is 2. The van der Waals surface area contributed by atoms with Crippen molar-refractivity contribution in [3.63, 3.8) is 0 Å². The van der Waals surface area contributed by atoms with Crippen LogP contribution in [-0.4, -0.2) is 34.8 Å². The van der Waals surface area contributed by atoms with Gasteiger partial charge >= 0.3 is 0 Å². The molecule has 0 aliphatic rings. The van der Waals surface area contributed by atoms with Gasteiger partial charge in [0.15, 0.2) is 5.82 Å². The van der Waals surface area contributed by atoms with E-state index in [1.165, 1.54) is 25.7 Å². The summed E-state index contributed by atoms with van der Waals surface area (Å²) in [7, 11) is 0. The lowest BCUT2D eigenvalue weighted by Crippen LogP contribution is -2.38. The molecular formula is C34H37N3O3. The van der Waals surface area contributed by atoms with E-state index in [2.05, 4.69) is 22.2 Å². The van der Waals surface area contributed by atoms with E-state index in [0.29, 0.717) is 12.2 Å². The van der Waals surface area contributed by atoms with Crippen LogP contribution < -0.4 is 10.1 Å². The Labute approximate surface area is 236 Å². The molecule has 0 radical (unpaired) electrons. The summed E-state index contributed by atoms with van der Waals surface area (Å²) in [5, 5.41) is 2.81. The van der Waals surface area contributed by atoms with Crippen molar-refractivity contribution in [3.05, 3.63) is 102 Å². The third-order valence-electron chi connectivity index (χ3n) is 6.74. The summed E-state index contributed by atoms with van der Waals surface area (Å²) in [4.78, 5) is 33.1. The Balaban J connectivity index is 1.28. The molecule has 1 heterocycles. The summed E-state index contributed by atoms with van der Waals surface area (Å²) in [5.41, 5.74) is 4.71. The first-order valence-corrected chi connectivity index (χ1v) is 14.1. The maximum atomic E-state index is 12.3. The molecule has 0 saturated heterocycles. The first-order valence-electron chi connectivity index (χ1n) is 14.1. The van der Waals surface area contributed by atoms with E-state index in [1.54, 1.807) is 0 Å². The minimum absolute atomic E-state index is 0.173. The van der Waals surface area contributed by atoms with Gasteiger partial charge in [-0.15, -0.1) is 0 Å². The minimum Gasteiger partial charge on any atom is -0.494 e. The Morgan fingerprint density at radius 3 is 2.15 bits per heavy atom. The van der Waals surface area contributed by atoms with Crippen molar-refractivity contribution in [1.29, 1.82) is 0 Å². The standard InChI is InChI=1S/C34H37N3O3/c1-2-3-4-5-9-20-40-32-18-16-28(17-19-32)30-23-35-34(36-24-30)29-14-12-27(13-15-29)21-31(25-38)37-33(39)22-26-10-7-6-8-11-26/h6-8,10-19,23-25,31H,2-5,9,20-22H2,1H3,(H,37,39). The van der Waals surface area contributed by atoms with E-state index in [0.717, 1.165) is 52.9 Å². The first-order chi connectivity index (χ1) is 19.6. The van der Waals surface area contributed by atoms with Gasteiger partial charge in [-0.25, -0.2) is 9.97 Å². The monoisotopic (exact) mass is 535 g/mol. The maximum Gasteiger partial charge on any atom is 0.225 e. The molecule has 206 valence electrons. The second-order valence-corrected chi connectivity index (χ2v) is 9.96. The van der Waals surface area contributed by atoms with Crippen LogP contribution in [0.5, 0.6) is 5.75 Å². The van der Waals surface area contributed by atoms with Crippen molar-refractivity contribution in [3.8, 4) is 28.3 Å². The van der Waals surface area contributed by atoms with Crippen LogP contribution in [-0.2, 0) is 22.4 Å². The minimum atomic E-state index is -0.583. The number of unbranched alkanes of at least 4 members (excludes halogenated alkanes) is 4. The molecule has 0 saturated carbocycles. The Morgan fingerprint density at radius 1 is 0.800 bits per heavy atom. The van der Waals surface area contributed by atoms with E-state index < -0.39 is 6.04 Å². The molecule has 4 aromatic rings. The fraction of sp³-hybridized carbons (Fsp3) is 0.294. The van der Waals surface area contributed by atoms with Gasteiger partial charge in [0.05, 0.1) is 19.1 Å². The van der Waals surface area contributed by atoms with E-state index >= 15 is 0 Å². The smallest absolute Gasteiger partial charge is 0.225 e. The zero-order chi connectivity index (χ0) is 28.0. The molecule has 1 atom stereocenters. The Morgan fingerprint density at radius 2 is 1.48 bits per heavy atom. The first kappa shape index (κ1) is 28.7. The number of carbonyl (C=O) groups is 2. The highest BCUT2D eigenvalue weighted by Crippen LogP contribution is 2.23. The number of rotatable bonds is 15. The van der Waals surface area contributed by atoms with Gasteiger partial charge in [0.25, 0.3) is 0 Å². The predicted octanol–water partition coefficient (Wildman–Crippen LogP) is 6.63. The highest BCUT2D eigenvalue weighted by Gasteiger charge is 2.13. The SMILES string of the molecule is CCCCCCCOc1ccc(-c2cnc(-c3ccc(CC(C=O)NC(=O)Cc4ccccc4)cc3)nc2)cc1. The molecule has 4 rings (SSSR count). The Bertz CT molecular complexity index is 1320. The number of carbonyl (C=O) groups excluding carboxylic acids is 2. The highest BCUT2D eigenvalue weighted by atomic mass is 16.5. The normalized spacial score (nSPS) is 11.5. The second kappa shape index (κ2) is 15.3. The van der Waals surface area contributed by atoms with Crippen molar-refractivity contribution < 1.29 is 14.3 Å². The molecule has 6 heteroatoms. The third-order valence-corrected chi connectivity index (χ3v) is 6.74. The lowest BCUT2D eigenvalue weighted by molar-refractivity contribution is -0.123. The molecule has 6 nitrogen and oxygen atoms in total. The molecule has 40 heavy (non-hydrogen) atoms. The van der Waals surface area contributed by atoms with Gasteiger partial charge in [-0.1, -0.05) is 99.3 Å². The van der Waals surface area contributed by atoms with Crippen molar-refractivity contribution in [1.82, 2.24) is 15.3 Å². The van der Waals surface area contributed by atoms with E-state index in [9.17, 15) is 9.59 Å². The number of benzene rings is 3. The van der Waals surface area contributed by atoms with Crippen LogP contribution in [0.1, 0.15) is 50.2 Å². The van der Waals surface area contributed by atoms with E-state index in [4.69, 9.17) is 4.74 Å². The lowest BCUT2D eigenvalue weighted by Gasteiger charge is -2.13. The molecular weight excluding hydrogens is 498 g/mol. The topological polar surface area (TPSA) is 81.2 Å². The quantitative estimate of drug-likeness (QED) is 0.137. The average Bonchev–Trinajstić information content (AvgIpc) is 3.00. The van der Waals surface area contributed by atoms with Crippen LogP contribution in [0.25, 0.3) is 22.5 Å². The third kappa shape index (κ3) is 8.87. The Kier molecular flexibility index (Phi) is 11.0. The molecule has 3 aromatic carbocycles. The molecule has 0 fully saturated rings. The highest BCUT2D eigenvalue weighted by molar-refractivity contribution is 5.81. The number of amides is 1. The fourth-order valence-corrected chi connectivity index (χ4v) is 4.48. The van der Waals surface area contributed by atoms with E-state index in [-0.39, 0.29) is 12.3 Å². The lowest BCUT2D eigenvalue weighted by atomic mass is 10.0. The maximum absolute atomic E-state index is 12.3. The summed E-state index contributed by atoms with van der Waals surface area (Å²) in [6.45, 7) is 2.97. The number of ether oxygens (including phenoxy) is 1. The zero-order valence-electron chi connectivity index (χ0n) is 23.1. The van der Waals surface area contributed by atoms with Gasteiger partial charge in [-0.2, -0.15) is 0 Å². The summed E-state index contributed by atoms with van der Waals surface area (Å²) in [5.74, 6) is 1.33. The summed E-state index contributed by atoms with van der Waals surface area (Å²) in [6.07, 6.45) is 11.2. The van der Waals surface area contributed by atoms with Crippen LogP contribution in [0.3, 0.4) is 0 Å². The zero-order valence-corrected chi connectivity index (χ0v) is 23.1. The predicted molar refractivity (Wildman–Crippen MR) is 159 cm³/mol. The van der Waals surface area contributed by atoms with Crippen molar-refractivity contribution >= 4 is 12.2 Å². The van der Waals surface area contributed by atoms with Crippen molar-refractivity contribution in [2.24, 2.45) is 0 Å². The fourth-order valence-electron chi connectivity index (χ4n) is 4.48. The van der Waals surface area contributed by atoms with Crippen LogP contribution in [0.2, 0.25) is 0 Å². The van der Waals surface area contributed by atoms with Gasteiger partial charge in [-0.05, 0) is 41.7 Å². The van der Waals surface area contributed by atoms with E-state index in [1.807, 2.05) is 91.3 Å². The number of nitrogens with zero attached hydrogens (tertiary/aromatic N) is 2. The van der Waals surface area contributed by atoms with Gasteiger partial charge in [0, 0.05) is 23.5 Å². The summed E-state index contributed by atoms with van der Waals surface area (Å²) >= 11 is 0. The molecule has 0 aliphatic carbocycles. The second-order valence-electron chi connectivity index (χ2n) is 9.96. The van der Waals surface area contributed by atoms with Crippen molar-refractivity contribution in [2.45, 2.75) is 57.9 Å². The number of nitrogens with one attached hydrogen (secondary N) is 1. The largest absolute Gasteiger partial charge is 0.494 e. The Hall–Kier alpha value is -4.32. The van der Waals surface area contributed by atoms with Crippen LogP contribution in [0.15, 0.2) is 91.3 Å². The molecule has 0 bridgehead atoms.